The number of nitrogens with two attached hydrogens (primary N) is 2. The molecule has 2 amide bonds. The number of likely N-dealkylation sites (N-methyl/N-ethyl adjacent to an activating group) is 1. The molecule has 0 aromatic heterocycles. The molecular formula is C36H49N7O5. The van der Waals surface area contributed by atoms with Gasteiger partial charge >= 0.3 is 12.1 Å². The predicted octanol–water partition coefficient (Wildman–Crippen LogP) is 5.90. The van der Waals surface area contributed by atoms with Gasteiger partial charge in [-0.15, -0.1) is 0 Å². The first-order chi connectivity index (χ1) is 23.0. The molecule has 0 aliphatic carbocycles. The summed E-state index contributed by atoms with van der Waals surface area (Å²) < 4.78 is 10.2. The number of nitrogens with zero attached hydrogens (tertiary/aromatic N) is 2. The summed E-state index contributed by atoms with van der Waals surface area (Å²) in [5.41, 5.74) is 15.5. The summed E-state index contributed by atoms with van der Waals surface area (Å²) in [6.45, 7) is 13.0. The van der Waals surface area contributed by atoms with Gasteiger partial charge in [0.05, 0.1) is 37.6 Å². The van der Waals surface area contributed by atoms with Gasteiger partial charge in [-0.05, 0) is 74.2 Å². The number of ether oxygens (including phenoxy) is 2. The van der Waals surface area contributed by atoms with E-state index in [4.69, 9.17) is 26.4 Å². The number of hydrogen-bond donors (Lipinski definition) is 5. The van der Waals surface area contributed by atoms with Gasteiger partial charge in [-0.3, -0.25) is 20.3 Å². The van der Waals surface area contributed by atoms with Crippen LogP contribution in [0.25, 0.3) is 0 Å². The monoisotopic (exact) mass is 659 g/mol. The molecule has 0 spiro atoms. The molecule has 0 unspecified atom stereocenters. The number of alkyl carbamates (subject to hydrolysis) is 1. The summed E-state index contributed by atoms with van der Waals surface area (Å²) >= 11 is 0. The minimum Gasteiger partial charge on any atom is -0.466 e. The first kappa shape index (κ1) is 38.7. The zero-order valence-electron chi connectivity index (χ0n) is 28.2. The van der Waals surface area contributed by atoms with E-state index in [0.29, 0.717) is 47.0 Å². The molecule has 0 heterocycles. The Morgan fingerprint density at radius 2 is 1.69 bits per heavy atom. The van der Waals surface area contributed by atoms with Crippen molar-refractivity contribution >= 4 is 40.9 Å². The van der Waals surface area contributed by atoms with E-state index in [9.17, 15) is 14.4 Å². The molecule has 0 bridgehead atoms. The largest absolute Gasteiger partial charge is 0.466 e. The summed E-state index contributed by atoms with van der Waals surface area (Å²) in [5, 5.41) is 13.9. The van der Waals surface area contributed by atoms with Crippen molar-refractivity contribution in [1.29, 1.82) is 5.41 Å². The number of esters is 1. The van der Waals surface area contributed by atoms with Gasteiger partial charge in [0.15, 0.2) is 0 Å². The lowest BCUT2D eigenvalue weighted by molar-refractivity contribution is -0.143. The van der Waals surface area contributed by atoms with Crippen LogP contribution < -0.4 is 27.0 Å². The zero-order chi connectivity index (χ0) is 35.5. The Hall–Kier alpha value is -5.52. The highest BCUT2D eigenvalue weighted by Crippen LogP contribution is 2.27. The van der Waals surface area contributed by atoms with Crippen LogP contribution in [-0.4, -0.2) is 62.1 Å². The van der Waals surface area contributed by atoms with Crippen LogP contribution in [0, 0.1) is 5.41 Å². The van der Waals surface area contributed by atoms with E-state index in [1.807, 2.05) is 11.9 Å². The van der Waals surface area contributed by atoms with Crippen molar-refractivity contribution in [1.82, 2.24) is 10.2 Å². The van der Waals surface area contributed by atoms with E-state index >= 15 is 0 Å². The summed E-state index contributed by atoms with van der Waals surface area (Å²) in [6.07, 6.45) is 9.58. The van der Waals surface area contributed by atoms with Gasteiger partial charge in [-0.2, -0.15) is 0 Å². The lowest BCUT2D eigenvalue weighted by atomic mass is 10.1. The number of anilines is 3. The normalized spacial score (nSPS) is 10.8. The van der Waals surface area contributed by atoms with Crippen LogP contribution in [0.1, 0.15) is 61.9 Å². The number of rotatable bonds is 19. The second-order valence-electron chi connectivity index (χ2n) is 10.8. The number of nitrogens with one attached hydrogen (secondary N) is 3. The van der Waals surface area contributed by atoms with Gasteiger partial charge in [-0.25, -0.2) is 4.79 Å². The van der Waals surface area contributed by atoms with E-state index in [2.05, 4.69) is 30.7 Å². The quantitative estimate of drug-likeness (QED) is 0.0307. The van der Waals surface area contributed by atoms with Crippen molar-refractivity contribution in [3.05, 3.63) is 103 Å². The van der Waals surface area contributed by atoms with Crippen molar-refractivity contribution in [2.45, 2.75) is 46.0 Å². The first-order valence-electron chi connectivity index (χ1n) is 15.9. The molecule has 0 aliphatic rings. The highest BCUT2D eigenvalue weighted by Gasteiger charge is 2.21. The van der Waals surface area contributed by atoms with E-state index < -0.39 is 12.1 Å². The average Bonchev–Trinajstić information content (AvgIpc) is 3.07. The summed E-state index contributed by atoms with van der Waals surface area (Å²) in [5.74, 6) is -0.846. The van der Waals surface area contributed by atoms with Crippen LogP contribution in [-0.2, 0) is 14.3 Å². The van der Waals surface area contributed by atoms with Gasteiger partial charge in [0.25, 0.3) is 5.91 Å². The Labute approximate surface area is 283 Å². The van der Waals surface area contributed by atoms with Gasteiger partial charge in [0.1, 0.15) is 5.84 Å². The Bertz CT molecular complexity index is 1480. The molecule has 0 saturated heterocycles. The molecule has 0 atom stereocenters. The lowest BCUT2D eigenvalue weighted by Crippen LogP contribution is -2.32. The standard InChI is InChI=1S/C36H49N7O5/c1-6-8-9-12-23-48-36(46)41-34(39)28-14-17-30(18-15-28)40-25-27(4)42(5)32-19-16-29(24-31(32)38)35(45)43(22-20-33(44)47-7-2)26(3)13-10-11-21-37/h10-11,13-19,21,24,40H,3-4,6-9,12,20,22-23,25,37-38H2,1-2,5H3,(H2,39,41,46)/b13-10-,21-11-. The molecule has 2 aromatic carbocycles. The molecule has 48 heavy (non-hydrogen) atoms. The third-order valence-electron chi connectivity index (χ3n) is 7.19. The maximum Gasteiger partial charge on any atom is 0.412 e. The van der Waals surface area contributed by atoms with Crippen molar-refractivity contribution in [3.63, 3.8) is 0 Å². The third-order valence-corrected chi connectivity index (χ3v) is 7.19. The van der Waals surface area contributed by atoms with E-state index in [0.717, 1.165) is 31.4 Å². The fourth-order valence-corrected chi connectivity index (χ4v) is 4.43. The number of nitrogen functional groups attached to an aromatic ring is 1. The number of carbonyl (C=O) groups excluding carboxylic acids is 3. The third kappa shape index (κ3) is 12.7. The number of benzene rings is 2. The van der Waals surface area contributed by atoms with Crippen molar-refractivity contribution < 1.29 is 23.9 Å². The molecule has 258 valence electrons. The Morgan fingerprint density at radius 3 is 2.33 bits per heavy atom. The second-order valence-corrected chi connectivity index (χ2v) is 10.8. The number of unbranched alkanes of at least 4 members (excludes halogenated alkanes) is 3. The zero-order valence-corrected chi connectivity index (χ0v) is 28.2. The minimum absolute atomic E-state index is 0.00166. The molecule has 0 saturated carbocycles. The average molecular weight is 660 g/mol. The Balaban J connectivity index is 2.01. The van der Waals surface area contributed by atoms with Crippen molar-refractivity contribution in [2.24, 2.45) is 5.73 Å². The van der Waals surface area contributed by atoms with Gasteiger partial charge in [0, 0.05) is 41.8 Å². The Morgan fingerprint density at radius 1 is 0.979 bits per heavy atom. The fraction of sp³-hybridized carbons (Fsp3) is 0.333. The fourth-order valence-electron chi connectivity index (χ4n) is 4.43. The second kappa shape index (κ2) is 20.6. The minimum atomic E-state index is -0.639. The SMILES string of the molecule is C=C(/C=C\C=C/N)N(CCC(=O)OCC)C(=O)c1ccc(N(C)C(=C)CNc2ccc(C(=N)NC(=O)OCCCCCC)cc2)c(N)c1. The lowest BCUT2D eigenvalue weighted by Gasteiger charge is -2.26. The van der Waals surface area contributed by atoms with E-state index in [1.165, 1.54) is 11.1 Å². The Kier molecular flexibility index (Phi) is 16.6. The van der Waals surface area contributed by atoms with E-state index in [1.54, 1.807) is 67.6 Å². The number of carbonyl (C=O) groups is 3. The van der Waals surface area contributed by atoms with Gasteiger partial charge < -0.3 is 36.1 Å². The van der Waals surface area contributed by atoms with Crippen LogP contribution in [0.4, 0.5) is 21.9 Å². The molecule has 2 rings (SSSR count). The number of amides is 2. The highest BCUT2D eigenvalue weighted by atomic mass is 16.5. The smallest absolute Gasteiger partial charge is 0.412 e. The molecular weight excluding hydrogens is 610 g/mol. The predicted molar refractivity (Wildman–Crippen MR) is 193 cm³/mol. The number of amidine groups is 1. The van der Waals surface area contributed by atoms with Crippen LogP contribution in [0.2, 0.25) is 0 Å². The summed E-state index contributed by atoms with van der Waals surface area (Å²) in [6, 6.07) is 12.0. The molecule has 12 nitrogen and oxygen atoms in total. The summed E-state index contributed by atoms with van der Waals surface area (Å²) in [7, 11) is 1.82. The highest BCUT2D eigenvalue weighted by molar-refractivity contribution is 6.04. The van der Waals surface area contributed by atoms with Crippen LogP contribution >= 0.6 is 0 Å². The maximum absolute atomic E-state index is 13.5. The van der Waals surface area contributed by atoms with E-state index in [-0.39, 0.29) is 31.3 Å². The summed E-state index contributed by atoms with van der Waals surface area (Å²) in [4.78, 5) is 40.7. The molecule has 0 radical (unpaired) electrons. The van der Waals surface area contributed by atoms with Crippen molar-refractivity contribution in [3.8, 4) is 0 Å². The molecule has 0 fully saturated rings. The molecule has 7 N–H and O–H groups in total. The molecule has 2 aromatic rings. The number of hydrogen-bond acceptors (Lipinski definition) is 10. The molecule has 0 aliphatic heterocycles. The van der Waals surface area contributed by atoms with Crippen LogP contribution in [0.5, 0.6) is 0 Å². The van der Waals surface area contributed by atoms with Crippen LogP contribution in [0.3, 0.4) is 0 Å². The molecule has 12 heteroatoms. The van der Waals surface area contributed by atoms with Crippen LogP contribution in [0.15, 0.2) is 91.4 Å². The van der Waals surface area contributed by atoms with Gasteiger partial charge in [-0.1, -0.05) is 45.4 Å². The maximum atomic E-state index is 13.5. The topological polar surface area (TPSA) is 176 Å². The number of allylic oxidation sites excluding steroid dienone is 3. The first-order valence-corrected chi connectivity index (χ1v) is 15.9. The van der Waals surface area contributed by atoms with Crippen molar-refractivity contribution in [2.75, 3.05) is 49.3 Å². The van der Waals surface area contributed by atoms with Gasteiger partial charge in [0.2, 0.25) is 0 Å².